The minimum absolute atomic E-state index is 0.144. The lowest BCUT2D eigenvalue weighted by atomic mass is 9.87. The van der Waals surface area contributed by atoms with E-state index in [4.69, 9.17) is 9.47 Å². The molecule has 7 heteroatoms. The van der Waals surface area contributed by atoms with Crippen molar-refractivity contribution in [2.45, 2.75) is 51.2 Å². The molecule has 27 heavy (non-hydrogen) atoms. The van der Waals surface area contributed by atoms with Gasteiger partial charge in [-0.25, -0.2) is 0 Å². The number of hydrogen-bond donors (Lipinski definition) is 0. The number of carbonyl (C=O) groups excluding carboxylic acids is 2. The number of likely N-dealkylation sites (N-methyl/N-ethyl adjacent to an activating group) is 1. The van der Waals surface area contributed by atoms with Crippen molar-refractivity contribution in [1.82, 2.24) is 14.7 Å². The van der Waals surface area contributed by atoms with Crippen LogP contribution in [0.2, 0.25) is 0 Å². The van der Waals surface area contributed by atoms with E-state index in [0.29, 0.717) is 51.8 Å². The van der Waals surface area contributed by atoms with Gasteiger partial charge in [0.2, 0.25) is 11.8 Å². The number of amides is 2. The van der Waals surface area contributed by atoms with Crippen molar-refractivity contribution < 1.29 is 19.1 Å². The van der Waals surface area contributed by atoms with Crippen molar-refractivity contribution in [2.75, 3.05) is 59.6 Å². The maximum Gasteiger partial charge on any atom is 0.242 e. The van der Waals surface area contributed by atoms with Gasteiger partial charge >= 0.3 is 0 Å². The van der Waals surface area contributed by atoms with Crippen LogP contribution in [0.3, 0.4) is 0 Å². The fraction of sp³-hybridized carbons (Fsp3) is 0.900. The van der Waals surface area contributed by atoms with Crippen LogP contribution >= 0.6 is 0 Å². The molecule has 3 fully saturated rings. The second-order valence-corrected chi connectivity index (χ2v) is 8.67. The van der Waals surface area contributed by atoms with E-state index in [0.717, 1.165) is 32.4 Å². The van der Waals surface area contributed by atoms with Crippen LogP contribution in [0, 0.1) is 5.92 Å². The summed E-state index contributed by atoms with van der Waals surface area (Å²) in [5.41, 5.74) is -0.393. The smallest absolute Gasteiger partial charge is 0.242 e. The van der Waals surface area contributed by atoms with Crippen molar-refractivity contribution in [1.29, 1.82) is 0 Å². The molecule has 0 aliphatic carbocycles. The molecule has 0 radical (unpaired) electrons. The molecule has 154 valence electrons. The Labute approximate surface area is 162 Å². The van der Waals surface area contributed by atoms with Crippen LogP contribution in [0.15, 0.2) is 0 Å². The van der Waals surface area contributed by atoms with Crippen LogP contribution in [0.25, 0.3) is 0 Å². The van der Waals surface area contributed by atoms with E-state index in [-0.39, 0.29) is 17.9 Å². The summed E-state index contributed by atoms with van der Waals surface area (Å²) in [6, 6.07) is -0.184. The Bertz CT molecular complexity index is 531. The van der Waals surface area contributed by atoms with Crippen LogP contribution in [0.4, 0.5) is 0 Å². The maximum atomic E-state index is 12.9. The van der Waals surface area contributed by atoms with Crippen molar-refractivity contribution >= 4 is 11.8 Å². The Morgan fingerprint density at radius 3 is 2.59 bits per heavy atom. The summed E-state index contributed by atoms with van der Waals surface area (Å²) in [7, 11) is 1.98. The summed E-state index contributed by atoms with van der Waals surface area (Å²) in [5, 5.41) is 0. The van der Waals surface area contributed by atoms with Gasteiger partial charge in [0, 0.05) is 32.7 Å². The van der Waals surface area contributed by atoms with E-state index in [1.54, 1.807) is 0 Å². The van der Waals surface area contributed by atoms with Gasteiger partial charge in [-0.3, -0.25) is 14.5 Å². The van der Waals surface area contributed by atoms with E-state index >= 15 is 0 Å². The third kappa shape index (κ3) is 5.00. The lowest BCUT2D eigenvalue weighted by Gasteiger charge is -2.42. The average molecular weight is 382 g/mol. The molecule has 7 nitrogen and oxygen atoms in total. The molecule has 3 saturated heterocycles. The fourth-order valence-electron chi connectivity index (χ4n) is 4.20. The highest BCUT2D eigenvalue weighted by atomic mass is 16.5. The van der Waals surface area contributed by atoms with Crippen molar-refractivity contribution in [3.8, 4) is 0 Å². The Morgan fingerprint density at radius 1 is 1.19 bits per heavy atom. The normalized spacial score (nSPS) is 27.3. The third-order valence-corrected chi connectivity index (χ3v) is 6.24. The first-order valence-corrected chi connectivity index (χ1v) is 10.4. The number of ether oxygens (including phenoxy) is 2. The summed E-state index contributed by atoms with van der Waals surface area (Å²) < 4.78 is 11.7. The number of hydrogen-bond acceptors (Lipinski definition) is 5. The minimum Gasteiger partial charge on any atom is -0.378 e. The van der Waals surface area contributed by atoms with E-state index < -0.39 is 5.60 Å². The maximum absolute atomic E-state index is 12.9. The van der Waals surface area contributed by atoms with E-state index in [2.05, 4.69) is 18.7 Å². The molecule has 0 aromatic carbocycles. The fourth-order valence-corrected chi connectivity index (χ4v) is 4.20. The van der Waals surface area contributed by atoms with E-state index in [1.807, 2.05) is 16.8 Å². The van der Waals surface area contributed by atoms with Gasteiger partial charge in [-0.1, -0.05) is 13.8 Å². The van der Waals surface area contributed by atoms with Gasteiger partial charge in [-0.05, 0) is 32.2 Å². The zero-order chi connectivity index (χ0) is 19.4. The van der Waals surface area contributed by atoms with Gasteiger partial charge in [0.1, 0.15) is 6.04 Å². The van der Waals surface area contributed by atoms with E-state index in [1.165, 1.54) is 0 Å². The van der Waals surface area contributed by atoms with Gasteiger partial charge in [0.25, 0.3) is 0 Å². The molecule has 3 heterocycles. The lowest BCUT2D eigenvalue weighted by molar-refractivity contribution is -0.149. The number of rotatable bonds is 4. The highest BCUT2D eigenvalue weighted by molar-refractivity contribution is 5.82. The quantitative estimate of drug-likeness (QED) is 0.726. The molecule has 0 N–H and O–H groups in total. The molecule has 3 aliphatic rings. The second kappa shape index (κ2) is 8.88. The van der Waals surface area contributed by atoms with Crippen molar-refractivity contribution in [2.24, 2.45) is 5.92 Å². The monoisotopic (exact) mass is 381 g/mol. The SMILES string of the molecule is CC(C)CCN1CCOC2(CCN(C(=O)[C@H]3COCCN3C)CC2)CC1=O. The molecule has 0 unspecified atom stereocenters. The highest BCUT2D eigenvalue weighted by Gasteiger charge is 2.42. The minimum atomic E-state index is -0.393. The Kier molecular flexibility index (Phi) is 6.76. The lowest BCUT2D eigenvalue weighted by Crippen LogP contribution is -2.56. The predicted molar refractivity (Wildman–Crippen MR) is 102 cm³/mol. The molecule has 1 atom stereocenters. The molecule has 0 aromatic rings. The van der Waals surface area contributed by atoms with Gasteiger partial charge in [0.05, 0.1) is 31.8 Å². The van der Waals surface area contributed by atoms with Gasteiger partial charge < -0.3 is 19.3 Å². The second-order valence-electron chi connectivity index (χ2n) is 8.67. The summed E-state index contributed by atoms with van der Waals surface area (Å²) in [6.07, 6.45) is 2.94. The first kappa shape index (κ1) is 20.6. The zero-order valence-corrected chi connectivity index (χ0v) is 17.1. The van der Waals surface area contributed by atoms with Crippen molar-refractivity contribution in [3.63, 3.8) is 0 Å². The number of morpholine rings is 1. The summed E-state index contributed by atoms with van der Waals surface area (Å²) in [5.74, 6) is 0.936. The Morgan fingerprint density at radius 2 is 1.93 bits per heavy atom. The van der Waals surface area contributed by atoms with Gasteiger partial charge in [0.15, 0.2) is 0 Å². The number of nitrogens with zero attached hydrogens (tertiary/aromatic N) is 3. The topological polar surface area (TPSA) is 62.3 Å². The molecule has 2 amide bonds. The molecular weight excluding hydrogens is 346 g/mol. The van der Waals surface area contributed by atoms with Gasteiger partial charge in [-0.2, -0.15) is 0 Å². The Balaban J connectivity index is 1.54. The number of carbonyl (C=O) groups is 2. The summed E-state index contributed by atoms with van der Waals surface area (Å²) >= 11 is 0. The van der Waals surface area contributed by atoms with Crippen LogP contribution < -0.4 is 0 Å². The van der Waals surface area contributed by atoms with Crippen LogP contribution in [0.1, 0.15) is 39.5 Å². The number of piperidine rings is 1. The summed E-state index contributed by atoms with van der Waals surface area (Å²) in [4.78, 5) is 31.6. The standard InChI is InChI=1S/C20H35N3O4/c1-16(2)4-7-22-11-13-27-20(14-18(22)24)5-8-23(9-6-20)19(25)17-15-26-12-10-21(17)3/h16-17H,4-15H2,1-3H3/t17-/m1/s1. The van der Waals surface area contributed by atoms with Crippen LogP contribution in [-0.4, -0.2) is 97.7 Å². The van der Waals surface area contributed by atoms with E-state index in [9.17, 15) is 9.59 Å². The average Bonchev–Trinajstić information content (AvgIpc) is 2.79. The molecule has 0 aromatic heterocycles. The van der Waals surface area contributed by atoms with Gasteiger partial charge in [-0.15, -0.1) is 0 Å². The predicted octanol–water partition coefficient (Wildman–Crippen LogP) is 0.973. The molecule has 3 aliphatic heterocycles. The molecule has 0 bridgehead atoms. The summed E-state index contributed by atoms with van der Waals surface area (Å²) in [6.45, 7) is 9.71. The molecule has 1 spiro atoms. The molecular formula is C20H35N3O4. The molecule has 0 saturated carbocycles. The first-order chi connectivity index (χ1) is 12.9. The highest BCUT2D eigenvalue weighted by Crippen LogP contribution is 2.33. The third-order valence-electron chi connectivity index (χ3n) is 6.24. The number of likely N-dealkylation sites (tertiary alicyclic amines) is 1. The largest absolute Gasteiger partial charge is 0.378 e. The van der Waals surface area contributed by atoms with Crippen LogP contribution in [0.5, 0.6) is 0 Å². The zero-order valence-electron chi connectivity index (χ0n) is 17.1. The molecule has 3 rings (SSSR count). The Hall–Kier alpha value is -1.18. The first-order valence-electron chi connectivity index (χ1n) is 10.4. The van der Waals surface area contributed by atoms with Crippen molar-refractivity contribution in [3.05, 3.63) is 0 Å². The van der Waals surface area contributed by atoms with Crippen LogP contribution in [-0.2, 0) is 19.1 Å².